The number of allylic oxidation sites excluding steroid dienone is 2. The lowest BCUT2D eigenvalue weighted by atomic mass is 9.81. The molecular formula is C36H43NO. The Bertz CT molecular complexity index is 1190. The van der Waals surface area contributed by atoms with Gasteiger partial charge in [0.2, 0.25) is 0 Å². The van der Waals surface area contributed by atoms with Crippen molar-refractivity contribution < 1.29 is 4.74 Å². The van der Waals surface area contributed by atoms with Gasteiger partial charge in [0, 0.05) is 5.92 Å². The van der Waals surface area contributed by atoms with Gasteiger partial charge in [0.15, 0.2) is 0 Å². The number of benzene rings is 3. The first kappa shape index (κ1) is 29.0. The second-order valence-electron chi connectivity index (χ2n) is 11.7. The number of nitriles is 1. The van der Waals surface area contributed by atoms with E-state index in [4.69, 9.17) is 4.74 Å². The Labute approximate surface area is 230 Å². The van der Waals surface area contributed by atoms with Gasteiger partial charge >= 0.3 is 0 Å². The van der Waals surface area contributed by atoms with Gasteiger partial charge in [0.05, 0.1) is 6.07 Å². The van der Waals surface area contributed by atoms with Crippen molar-refractivity contribution in [3.8, 4) is 17.6 Å². The predicted molar refractivity (Wildman–Crippen MR) is 162 cm³/mol. The summed E-state index contributed by atoms with van der Waals surface area (Å²) in [6.07, 6.45) is 12.9. The Morgan fingerprint density at radius 2 is 1.37 bits per heavy atom. The van der Waals surface area contributed by atoms with Gasteiger partial charge in [-0.3, -0.25) is 0 Å². The Morgan fingerprint density at radius 3 is 1.92 bits per heavy atom. The number of hydrogen-bond acceptors (Lipinski definition) is 2. The first-order chi connectivity index (χ1) is 18.2. The predicted octanol–water partition coefficient (Wildman–Crippen LogP) is 10.7. The van der Waals surface area contributed by atoms with Gasteiger partial charge in [-0.15, -0.1) is 0 Å². The molecule has 3 aromatic carbocycles. The number of nitrogens with zero attached hydrogens (tertiary/aromatic N) is 1. The summed E-state index contributed by atoms with van der Waals surface area (Å²) in [4.78, 5) is 0. The van der Waals surface area contributed by atoms with Crippen LogP contribution in [0.5, 0.6) is 11.5 Å². The summed E-state index contributed by atoms with van der Waals surface area (Å²) in [5.41, 5.74) is 3.91. The van der Waals surface area contributed by atoms with E-state index in [2.05, 4.69) is 114 Å². The molecule has 0 amide bonds. The summed E-state index contributed by atoms with van der Waals surface area (Å²) in [7, 11) is 0. The van der Waals surface area contributed by atoms with Crippen molar-refractivity contribution in [1.82, 2.24) is 0 Å². The highest BCUT2D eigenvalue weighted by molar-refractivity contribution is 5.69. The molecule has 0 radical (unpaired) electrons. The molecule has 0 aliphatic carbocycles. The Morgan fingerprint density at radius 1 is 0.789 bits per heavy atom. The Balaban J connectivity index is 1.63. The van der Waals surface area contributed by atoms with Crippen LogP contribution >= 0.6 is 0 Å². The first-order valence-corrected chi connectivity index (χ1v) is 13.9. The van der Waals surface area contributed by atoms with Crippen molar-refractivity contribution in [2.24, 2.45) is 17.3 Å². The highest BCUT2D eigenvalue weighted by Crippen LogP contribution is 2.33. The largest absolute Gasteiger partial charge is 0.457 e. The van der Waals surface area contributed by atoms with E-state index >= 15 is 0 Å². The van der Waals surface area contributed by atoms with Crippen molar-refractivity contribution >= 4 is 12.2 Å². The standard InChI is InChI=1S/C36H43NO/c1-28(2)33(27-37)26-32(14-10-7-11-25-36(3,4)5)31-19-23-35(24-20-31)38-34-21-17-30(18-22-34)16-15-29-12-8-6-9-13-29/h6-9,11-13,15-24,28,32-33H,10,14,25-26H2,1-5H3/b11-7+,16-15+. The molecule has 0 bridgehead atoms. The van der Waals surface area contributed by atoms with Crippen LogP contribution in [0.25, 0.3) is 12.2 Å². The second-order valence-corrected chi connectivity index (χ2v) is 11.7. The lowest BCUT2D eigenvalue weighted by molar-refractivity contribution is 0.397. The highest BCUT2D eigenvalue weighted by atomic mass is 16.5. The monoisotopic (exact) mass is 505 g/mol. The summed E-state index contributed by atoms with van der Waals surface area (Å²) in [5, 5.41) is 9.72. The number of hydrogen-bond donors (Lipinski definition) is 0. The van der Waals surface area contributed by atoms with Crippen molar-refractivity contribution in [2.75, 3.05) is 0 Å². The van der Waals surface area contributed by atoms with Crippen molar-refractivity contribution in [2.45, 2.75) is 66.2 Å². The van der Waals surface area contributed by atoms with Crippen LogP contribution in [-0.2, 0) is 0 Å². The smallest absolute Gasteiger partial charge is 0.127 e. The summed E-state index contributed by atoms with van der Waals surface area (Å²) in [6, 6.07) is 29.4. The van der Waals surface area contributed by atoms with Crippen LogP contribution in [-0.4, -0.2) is 0 Å². The fourth-order valence-corrected chi connectivity index (χ4v) is 4.40. The molecule has 0 aromatic heterocycles. The Kier molecular flexibility index (Phi) is 11.0. The summed E-state index contributed by atoms with van der Waals surface area (Å²) >= 11 is 0. The fourth-order valence-electron chi connectivity index (χ4n) is 4.40. The average Bonchev–Trinajstić information content (AvgIpc) is 2.90. The van der Waals surface area contributed by atoms with Crippen LogP contribution in [0.15, 0.2) is 91.0 Å². The molecule has 0 N–H and O–H groups in total. The van der Waals surface area contributed by atoms with Crippen LogP contribution in [0.3, 0.4) is 0 Å². The second kappa shape index (κ2) is 14.4. The minimum absolute atomic E-state index is 0.0592. The quantitative estimate of drug-likeness (QED) is 0.181. The van der Waals surface area contributed by atoms with Crippen LogP contribution in [0.2, 0.25) is 0 Å². The summed E-state index contributed by atoms with van der Waals surface area (Å²) < 4.78 is 6.13. The van der Waals surface area contributed by atoms with E-state index < -0.39 is 0 Å². The fraction of sp³-hybridized carbons (Fsp3) is 0.361. The molecule has 2 nitrogen and oxygen atoms in total. The van der Waals surface area contributed by atoms with Crippen LogP contribution in [0.4, 0.5) is 0 Å². The number of rotatable bonds is 12. The normalized spacial score (nSPS) is 13.6. The minimum atomic E-state index is 0.0592. The van der Waals surface area contributed by atoms with E-state index in [1.165, 1.54) is 11.1 Å². The zero-order chi connectivity index (χ0) is 27.4. The third-order valence-corrected chi connectivity index (χ3v) is 6.82. The van der Waals surface area contributed by atoms with E-state index in [0.717, 1.165) is 42.7 Å². The van der Waals surface area contributed by atoms with Crippen LogP contribution < -0.4 is 4.74 Å². The lowest BCUT2D eigenvalue weighted by Gasteiger charge is -2.22. The van der Waals surface area contributed by atoms with Crippen LogP contribution in [0.1, 0.15) is 82.9 Å². The van der Waals surface area contributed by atoms with Gasteiger partial charge in [-0.2, -0.15) is 5.26 Å². The molecule has 2 heteroatoms. The molecule has 38 heavy (non-hydrogen) atoms. The van der Waals surface area contributed by atoms with E-state index in [1.54, 1.807) is 0 Å². The van der Waals surface area contributed by atoms with Crippen molar-refractivity contribution in [3.63, 3.8) is 0 Å². The molecule has 2 unspecified atom stereocenters. The molecule has 0 saturated heterocycles. The van der Waals surface area contributed by atoms with E-state index in [9.17, 15) is 5.26 Å². The van der Waals surface area contributed by atoms with Crippen molar-refractivity contribution in [1.29, 1.82) is 5.26 Å². The topological polar surface area (TPSA) is 33.0 Å². The zero-order valence-corrected chi connectivity index (χ0v) is 23.7. The van der Waals surface area contributed by atoms with E-state index in [1.807, 2.05) is 30.3 Å². The maximum absolute atomic E-state index is 9.72. The average molecular weight is 506 g/mol. The summed E-state index contributed by atoms with van der Waals surface area (Å²) in [6.45, 7) is 11.1. The molecule has 0 spiro atoms. The molecule has 2 atom stereocenters. The zero-order valence-electron chi connectivity index (χ0n) is 23.7. The molecule has 0 aliphatic heterocycles. The maximum Gasteiger partial charge on any atom is 0.127 e. The van der Waals surface area contributed by atoms with Gasteiger partial charge in [-0.1, -0.05) is 114 Å². The SMILES string of the molecule is CC(C)C(C#N)CC(CC/C=C/CC(C)(C)C)c1ccc(Oc2ccc(/C=C/c3ccccc3)cc2)cc1. The molecular weight excluding hydrogens is 462 g/mol. The van der Waals surface area contributed by atoms with Crippen LogP contribution in [0, 0.1) is 28.6 Å². The highest BCUT2D eigenvalue weighted by Gasteiger charge is 2.20. The molecule has 0 aliphatic rings. The van der Waals surface area contributed by atoms with Crippen molar-refractivity contribution in [3.05, 3.63) is 108 Å². The van der Waals surface area contributed by atoms with Gasteiger partial charge < -0.3 is 4.74 Å². The van der Waals surface area contributed by atoms with Gasteiger partial charge in [-0.25, -0.2) is 0 Å². The van der Waals surface area contributed by atoms with Gasteiger partial charge in [0.25, 0.3) is 0 Å². The Hall–Kier alpha value is -3.57. The lowest BCUT2D eigenvalue weighted by Crippen LogP contribution is -2.12. The third kappa shape index (κ3) is 10.1. The van der Waals surface area contributed by atoms with Gasteiger partial charge in [-0.05, 0) is 83.9 Å². The molecule has 3 rings (SSSR count). The van der Waals surface area contributed by atoms with E-state index in [0.29, 0.717) is 17.3 Å². The maximum atomic E-state index is 9.72. The minimum Gasteiger partial charge on any atom is -0.457 e. The first-order valence-electron chi connectivity index (χ1n) is 13.9. The van der Waals surface area contributed by atoms with E-state index in [-0.39, 0.29) is 5.92 Å². The third-order valence-electron chi connectivity index (χ3n) is 6.82. The number of ether oxygens (including phenoxy) is 1. The molecule has 198 valence electrons. The molecule has 0 fully saturated rings. The van der Waals surface area contributed by atoms with Gasteiger partial charge in [0.1, 0.15) is 11.5 Å². The molecule has 3 aromatic rings. The molecule has 0 saturated carbocycles. The summed E-state index contributed by atoms with van der Waals surface area (Å²) in [5.74, 6) is 2.41. The molecule has 0 heterocycles.